The first-order valence-electron chi connectivity index (χ1n) is 7.39. The molecule has 2 rings (SSSR count). The van der Waals surface area contributed by atoms with Gasteiger partial charge in [0.2, 0.25) is 0 Å². The van der Waals surface area contributed by atoms with Gasteiger partial charge in [0, 0.05) is 4.88 Å². The minimum atomic E-state index is -1.00. The molecule has 7 heteroatoms. The molecule has 0 aliphatic heterocycles. The Kier molecular flexibility index (Phi) is 5.55. The molecule has 1 aromatic heterocycles. The van der Waals surface area contributed by atoms with Crippen LogP contribution < -0.4 is 10.6 Å². The molecule has 0 saturated heterocycles. The van der Waals surface area contributed by atoms with E-state index in [1.165, 1.54) is 22.6 Å². The van der Waals surface area contributed by atoms with Crippen molar-refractivity contribution < 1.29 is 14.7 Å². The third-order valence-corrected chi connectivity index (χ3v) is 4.59. The van der Waals surface area contributed by atoms with Gasteiger partial charge in [0.1, 0.15) is 6.04 Å². The smallest absolute Gasteiger partial charge is 0.326 e. The summed E-state index contributed by atoms with van der Waals surface area (Å²) >= 11 is 1.49. The molecule has 1 aliphatic rings. The van der Waals surface area contributed by atoms with Crippen LogP contribution in [0.1, 0.15) is 49.6 Å². The molecule has 0 spiro atoms. The van der Waals surface area contributed by atoms with E-state index in [0.29, 0.717) is 11.6 Å². The van der Waals surface area contributed by atoms with Gasteiger partial charge in [0.25, 0.3) is 0 Å². The Balaban J connectivity index is 1.91. The molecular formula is C14H21N3O3S. The highest BCUT2D eigenvalue weighted by Gasteiger charge is 2.21. The van der Waals surface area contributed by atoms with Crippen LogP contribution in [0.25, 0.3) is 0 Å². The van der Waals surface area contributed by atoms with Crippen LogP contribution in [0, 0.1) is 0 Å². The molecule has 1 heterocycles. The van der Waals surface area contributed by atoms with Gasteiger partial charge in [-0.25, -0.2) is 14.6 Å². The summed E-state index contributed by atoms with van der Waals surface area (Å²) in [6.07, 6.45) is 6.38. The molecule has 0 bridgehead atoms. The molecule has 3 N–H and O–H groups in total. The van der Waals surface area contributed by atoms with Gasteiger partial charge in [0.15, 0.2) is 5.13 Å². The number of hydrogen-bond donors (Lipinski definition) is 3. The number of anilines is 1. The number of nitrogens with zero attached hydrogens (tertiary/aromatic N) is 1. The number of rotatable bonds is 6. The number of carboxylic acid groups (broad SMARTS) is 1. The van der Waals surface area contributed by atoms with Crippen molar-refractivity contribution in [2.24, 2.45) is 0 Å². The van der Waals surface area contributed by atoms with E-state index in [9.17, 15) is 9.59 Å². The maximum atomic E-state index is 11.9. The van der Waals surface area contributed by atoms with Gasteiger partial charge in [-0.1, -0.05) is 19.8 Å². The number of unbranched alkanes of at least 4 members (excludes halogenated alkanes) is 1. The van der Waals surface area contributed by atoms with E-state index in [-0.39, 0.29) is 0 Å². The van der Waals surface area contributed by atoms with Gasteiger partial charge >= 0.3 is 12.0 Å². The summed E-state index contributed by atoms with van der Waals surface area (Å²) in [6, 6.07) is -1.34. The molecule has 6 nitrogen and oxygen atoms in total. The number of carbonyl (C=O) groups is 2. The molecule has 21 heavy (non-hydrogen) atoms. The zero-order valence-corrected chi connectivity index (χ0v) is 13.0. The number of aryl methyl sites for hydroxylation is 2. The zero-order chi connectivity index (χ0) is 15.2. The summed E-state index contributed by atoms with van der Waals surface area (Å²) in [5.74, 6) is -1.00. The van der Waals surface area contributed by atoms with E-state index in [0.717, 1.165) is 37.8 Å². The third kappa shape index (κ3) is 4.42. The minimum Gasteiger partial charge on any atom is -0.480 e. The number of urea groups is 1. The van der Waals surface area contributed by atoms with Crippen molar-refractivity contribution in [3.8, 4) is 0 Å². The highest BCUT2D eigenvalue weighted by molar-refractivity contribution is 7.15. The zero-order valence-electron chi connectivity index (χ0n) is 12.1. The Labute approximate surface area is 128 Å². The monoisotopic (exact) mass is 311 g/mol. The van der Waals surface area contributed by atoms with Crippen LogP contribution >= 0.6 is 11.3 Å². The number of aromatic nitrogens is 1. The quantitative estimate of drug-likeness (QED) is 0.753. The largest absolute Gasteiger partial charge is 0.480 e. The molecule has 1 atom stereocenters. The Hall–Kier alpha value is -1.63. The fraction of sp³-hybridized carbons (Fsp3) is 0.643. The lowest BCUT2D eigenvalue weighted by molar-refractivity contribution is -0.139. The van der Waals surface area contributed by atoms with Gasteiger partial charge in [-0.3, -0.25) is 5.32 Å². The maximum absolute atomic E-state index is 11.9. The van der Waals surface area contributed by atoms with Gasteiger partial charge in [-0.2, -0.15) is 0 Å². The average molecular weight is 311 g/mol. The van der Waals surface area contributed by atoms with Crippen molar-refractivity contribution in [3.63, 3.8) is 0 Å². The Bertz CT molecular complexity index is 492. The van der Waals surface area contributed by atoms with Gasteiger partial charge in [-0.15, -0.1) is 11.3 Å². The third-order valence-electron chi connectivity index (χ3n) is 3.52. The highest BCUT2D eigenvalue weighted by atomic mass is 32.1. The van der Waals surface area contributed by atoms with Crippen LogP contribution in [0.15, 0.2) is 0 Å². The predicted octanol–water partition coefficient (Wildman–Crippen LogP) is 2.79. The lowest BCUT2D eigenvalue weighted by Gasteiger charge is -2.13. The second-order valence-electron chi connectivity index (χ2n) is 5.23. The number of nitrogens with one attached hydrogen (secondary N) is 2. The molecule has 2 amide bonds. The molecule has 1 unspecified atom stereocenters. The standard InChI is InChI=1S/C14H21N3O3S/c1-2-3-6-10(12(18)19)15-13(20)17-14-16-9-7-4-5-8-11(9)21-14/h10H,2-8H2,1H3,(H,18,19)(H2,15,16,17,20). The van der Waals surface area contributed by atoms with E-state index in [1.807, 2.05) is 6.92 Å². The molecule has 1 aromatic rings. The van der Waals surface area contributed by atoms with Gasteiger partial charge in [-0.05, 0) is 32.1 Å². The second-order valence-corrected chi connectivity index (χ2v) is 6.31. The minimum absolute atomic E-state index is 0.438. The van der Waals surface area contributed by atoms with Crippen LogP contribution in [0.4, 0.5) is 9.93 Å². The first-order chi connectivity index (χ1) is 10.1. The van der Waals surface area contributed by atoms with Crippen LogP contribution in [0.2, 0.25) is 0 Å². The summed E-state index contributed by atoms with van der Waals surface area (Å²) in [7, 11) is 0. The summed E-state index contributed by atoms with van der Waals surface area (Å²) < 4.78 is 0. The Morgan fingerprint density at radius 2 is 2.14 bits per heavy atom. The number of carboxylic acids is 1. The van der Waals surface area contributed by atoms with E-state index in [1.54, 1.807) is 0 Å². The molecule has 116 valence electrons. The number of aliphatic carboxylic acids is 1. The number of thiazole rings is 1. The van der Waals surface area contributed by atoms with Crippen molar-refractivity contribution >= 4 is 28.5 Å². The first kappa shape index (κ1) is 15.8. The lowest BCUT2D eigenvalue weighted by Crippen LogP contribution is -2.42. The topological polar surface area (TPSA) is 91.3 Å². The van der Waals surface area contributed by atoms with E-state index < -0.39 is 18.0 Å². The van der Waals surface area contributed by atoms with Gasteiger partial charge in [0.05, 0.1) is 5.69 Å². The van der Waals surface area contributed by atoms with Gasteiger partial charge < -0.3 is 10.4 Å². The summed E-state index contributed by atoms with van der Waals surface area (Å²) in [5, 5.41) is 14.8. The average Bonchev–Trinajstić information content (AvgIpc) is 2.85. The van der Waals surface area contributed by atoms with E-state index in [4.69, 9.17) is 5.11 Å². The SMILES string of the molecule is CCCCC(NC(=O)Nc1nc2c(s1)CCCC2)C(=O)O. The number of hydrogen-bond acceptors (Lipinski definition) is 4. The fourth-order valence-electron chi connectivity index (χ4n) is 2.36. The highest BCUT2D eigenvalue weighted by Crippen LogP contribution is 2.29. The second kappa shape index (κ2) is 7.40. The number of amides is 2. The maximum Gasteiger partial charge on any atom is 0.326 e. The predicted molar refractivity (Wildman–Crippen MR) is 81.9 cm³/mol. The van der Waals surface area contributed by atoms with Crippen LogP contribution in [0.5, 0.6) is 0 Å². The summed E-state index contributed by atoms with van der Waals surface area (Å²) in [5.41, 5.74) is 1.07. The van der Waals surface area contributed by atoms with E-state index >= 15 is 0 Å². The fourth-order valence-corrected chi connectivity index (χ4v) is 3.41. The van der Waals surface area contributed by atoms with Crippen molar-refractivity contribution in [2.75, 3.05) is 5.32 Å². The summed E-state index contributed by atoms with van der Waals surface area (Å²) in [4.78, 5) is 28.6. The van der Waals surface area contributed by atoms with Crippen molar-refractivity contribution in [3.05, 3.63) is 10.6 Å². The normalized spacial score (nSPS) is 15.1. The van der Waals surface area contributed by atoms with Crippen molar-refractivity contribution in [1.29, 1.82) is 0 Å². The van der Waals surface area contributed by atoms with Crippen LogP contribution in [-0.2, 0) is 17.6 Å². The van der Waals surface area contributed by atoms with Crippen molar-refractivity contribution in [1.82, 2.24) is 10.3 Å². The molecule has 0 radical (unpaired) electrons. The molecular weight excluding hydrogens is 290 g/mol. The molecule has 0 fully saturated rings. The number of fused-ring (bicyclic) bond motifs is 1. The first-order valence-corrected chi connectivity index (χ1v) is 8.20. The van der Waals surface area contributed by atoms with Crippen molar-refractivity contribution in [2.45, 2.75) is 57.9 Å². The molecule has 1 aliphatic carbocycles. The summed E-state index contributed by atoms with van der Waals surface area (Å²) in [6.45, 7) is 1.99. The van der Waals surface area contributed by atoms with E-state index in [2.05, 4.69) is 15.6 Å². The van der Waals surface area contributed by atoms with Crippen LogP contribution in [0.3, 0.4) is 0 Å². The lowest BCUT2D eigenvalue weighted by atomic mass is 10.0. The number of carbonyl (C=O) groups excluding carboxylic acids is 1. The molecule has 0 aromatic carbocycles. The Morgan fingerprint density at radius 3 is 2.81 bits per heavy atom. The Morgan fingerprint density at radius 1 is 1.38 bits per heavy atom. The molecule has 0 saturated carbocycles. The van der Waals surface area contributed by atoms with Crippen LogP contribution in [-0.4, -0.2) is 28.1 Å².